The van der Waals surface area contributed by atoms with Crippen LogP contribution in [0.5, 0.6) is 0 Å². The van der Waals surface area contributed by atoms with E-state index in [-0.39, 0.29) is 11.7 Å². The van der Waals surface area contributed by atoms with Gasteiger partial charge in [-0.15, -0.1) is 11.3 Å². The van der Waals surface area contributed by atoms with Crippen LogP contribution in [0, 0.1) is 0 Å². The number of sulfonamides is 1. The molecule has 0 aliphatic carbocycles. The van der Waals surface area contributed by atoms with E-state index in [1.54, 1.807) is 22.7 Å². The van der Waals surface area contributed by atoms with Gasteiger partial charge in [0.2, 0.25) is 10.0 Å². The van der Waals surface area contributed by atoms with Gasteiger partial charge >= 0.3 is 0 Å². The Labute approximate surface area is 110 Å². The minimum Gasteiger partial charge on any atom is -0.335 e. The lowest BCUT2D eigenvalue weighted by Crippen LogP contribution is -2.50. The minimum absolute atomic E-state index is 0.104. The second-order valence-electron chi connectivity index (χ2n) is 3.97. The van der Waals surface area contributed by atoms with E-state index >= 15 is 0 Å². The largest absolute Gasteiger partial charge is 0.335 e. The molecular weight excluding hydrogens is 274 g/mol. The predicted octanol–water partition coefficient (Wildman–Crippen LogP) is 0.251. The number of aromatic nitrogens is 1. The van der Waals surface area contributed by atoms with E-state index in [2.05, 4.69) is 4.98 Å². The van der Waals surface area contributed by atoms with E-state index in [1.807, 2.05) is 0 Å². The van der Waals surface area contributed by atoms with Crippen molar-refractivity contribution >= 4 is 27.3 Å². The summed E-state index contributed by atoms with van der Waals surface area (Å²) in [5, 5.41) is 1.71. The third-order valence-corrected chi connectivity index (χ3v) is 5.40. The molecule has 100 valence electrons. The maximum Gasteiger partial charge on any atom is 0.273 e. The number of carbonyl (C=O) groups excluding carboxylic acids is 1. The lowest BCUT2D eigenvalue weighted by atomic mass is 10.3. The summed E-state index contributed by atoms with van der Waals surface area (Å²) in [5.74, 6) is -0.0164. The average molecular weight is 289 g/mol. The zero-order valence-corrected chi connectivity index (χ0v) is 11.7. The molecule has 6 nitrogen and oxygen atoms in total. The molecule has 0 saturated carbocycles. The van der Waals surface area contributed by atoms with E-state index < -0.39 is 10.0 Å². The van der Waals surface area contributed by atoms with Crippen molar-refractivity contribution in [3.05, 3.63) is 16.6 Å². The summed E-state index contributed by atoms with van der Waals surface area (Å²) in [7, 11) is -3.14. The highest BCUT2D eigenvalue weighted by Gasteiger charge is 2.28. The first-order valence-electron chi connectivity index (χ1n) is 5.70. The molecule has 0 unspecified atom stereocenters. The summed E-state index contributed by atoms with van der Waals surface area (Å²) >= 11 is 1.38. The van der Waals surface area contributed by atoms with Crippen molar-refractivity contribution in [1.29, 1.82) is 0 Å². The van der Waals surface area contributed by atoms with Gasteiger partial charge in [0.15, 0.2) is 0 Å². The molecular formula is C10H15N3O3S2. The number of nitrogens with zero attached hydrogens (tertiary/aromatic N) is 3. The van der Waals surface area contributed by atoms with Gasteiger partial charge in [0.05, 0.1) is 11.3 Å². The molecule has 1 saturated heterocycles. The number of piperazine rings is 1. The number of carbonyl (C=O) groups is 1. The van der Waals surface area contributed by atoms with Gasteiger partial charge in [-0.2, -0.15) is 4.31 Å². The van der Waals surface area contributed by atoms with Gasteiger partial charge in [-0.3, -0.25) is 4.79 Å². The molecule has 0 spiro atoms. The first-order valence-corrected chi connectivity index (χ1v) is 8.25. The van der Waals surface area contributed by atoms with Crippen LogP contribution in [0.4, 0.5) is 0 Å². The summed E-state index contributed by atoms with van der Waals surface area (Å²) in [5.41, 5.74) is 2.05. The Bertz CT molecular complexity index is 504. The fourth-order valence-electron chi connectivity index (χ4n) is 1.83. The molecule has 2 rings (SSSR count). The van der Waals surface area contributed by atoms with Gasteiger partial charge in [-0.1, -0.05) is 0 Å². The highest BCUT2D eigenvalue weighted by molar-refractivity contribution is 7.89. The van der Waals surface area contributed by atoms with Crippen LogP contribution >= 0.6 is 11.3 Å². The Balaban J connectivity index is 1.97. The highest BCUT2D eigenvalue weighted by Crippen LogP contribution is 2.11. The molecule has 1 fully saturated rings. The van der Waals surface area contributed by atoms with Crippen LogP contribution in [0.15, 0.2) is 10.9 Å². The van der Waals surface area contributed by atoms with E-state index in [0.717, 1.165) is 0 Å². The molecule has 8 heteroatoms. The SMILES string of the molecule is CCS(=O)(=O)N1CCN(C(=O)c2cscn2)CC1. The van der Waals surface area contributed by atoms with Crippen LogP contribution < -0.4 is 0 Å². The average Bonchev–Trinajstić information content (AvgIpc) is 2.92. The Morgan fingerprint density at radius 2 is 2.06 bits per heavy atom. The van der Waals surface area contributed by atoms with E-state index in [1.165, 1.54) is 15.6 Å². The number of amides is 1. The molecule has 1 aliphatic heterocycles. The first-order chi connectivity index (χ1) is 8.54. The predicted molar refractivity (Wildman–Crippen MR) is 69.1 cm³/mol. The van der Waals surface area contributed by atoms with Crippen LogP contribution in [-0.4, -0.2) is 60.4 Å². The molecule has 0 bridgehead atoms. The Morgan fingerprint density at radius 3 is 2.56 bits per heavy atom. The fraction of sp³-hybridized carbons (Fsp3) is 0.600. The number of hydrogen-bond donors (Lipinski definition) is 0. The summed E-state index contributed by atoms with van der Waals surface area (Å²) < 4.78 is 24.8. The molecule has 1 aliphatic rings. The molecule has 1 aromatic heterocycles. The second kappa shape index (κ2) is 5.33. The van der Waals surface area contributed by atoms with Crippen molar-refractivity contribution in [2.75, 3.05) is 31.9 Å². The minimum atomic E-state index is -3.14. The maximum atomic E-state index is 12.0. The number of rotatable bonds is 3. The van der Waals surface area contributed by atoms with Crippen LogP contribution in [0.25, 0.3) is 0 Å². The van der Waals surface area contributed by atoms with Gasteiger partial charge < -0.3 is 4.90 Å². The highest BCUT2D eigenvalue weighted by atomic mass is 32.2. The fourth-order valence-corrected chi connectivity index (χ4v) is 3.44. The standard InChI is InChI=1S/C10H15N3O3S2/c1-2-18(15,16)13-5-3-12(4-6-13)10(14)9-7-17-8-11-9/h7-8H,2-6H2,1H3. The van der Waals surface area contributed by atoms with Gasteiger partial charge in [-0.25, -0.2) is 13.4 Å². The first kappa shape index (κ1) is 13.4. The molecule has 18 heavy (non-hydrogen) atoms. The molecule has 0 N–H and O–H groups in total. The van der Waals surface area contributed by atoms with Crippen LogP contribution in [-0.2, 0) is 10.0 Å². The van der Waals surface area contributed by atoms with Crippen molar-refractivity contribution in [3.8, 4) is 0 Å². The second-order valence-corrected chi connectivity index (χ2v) is 6.94. The summed E-state index contributed by atoms with van der Waals surface area (Å²) in [6, 6.07) is 0. The monoisotopic (exact) mass is 289 g/mol. The van der Waals surface area contributed by atoms with Gasteiger partial charge in [0, 0.05) is 31.6 Å². The third-order valence-electron chi connectivity index (χ3n) is 2.94. The van der Waals surface area contributed by atoms with Gasteiger partial charge in [-0.05, 0) is 6.92 Å². The summed E-state index contributed by atoms with van der Waals surface area (Å²) in [6.07, 6.45) is 0. The lowest BCUT2D eigenvalue weighted by molar-refractivity contribution is 0.0693. The van der Waals surface area contributed by atoms with Crippen LogP contribution in [0.3, 0.4) is 0 Å². The van der Waals surface area contributed by atoms with Gasteiger partial charge in [0.25, 0.3) is 5.91 Å². The zero-order valence-electron chi connectivity index (χ0n) is 10.1. The van der Waals surface area contributed by atoms with E-state index in [0.29, 0.717) is 31.9 Å². The van der Waals surface area contributed by atoms with Crippen LogP contribution in [0.1, 0.15) is 17.4 Å². The summed E-state index contributed by atoms with van der Waals surface area (Å²) in [6.45, 7) is 3.21. The number of thiazole rings is 1. The molecule has 0 radical (unpaired) electrons. The van der Waals surface area contributed by atoms with Crippen molar-refractivity contribution < 1.29 is 13.2 Å². The zero-order chi connectivity index (χ0) is 13.2. The van der Waals surface area contributed by atoms with Crippen molar-refractivity contribution in [2.45, 2.75) is 6.92 Å². The molecule has 1 amide bonds. The quantitative estimate of drug-likeness (QED) is 0.800. The van der Waals surface area contributed by atoms with Crippen molar-refractivity contribution in [3.63, 3.8) is 0 Å². The lowest BCUT2D eigenvalue weighted by Gasteiger charge is -2.33. The Kier molecular flexibility index (Phi) is 3.98. The smallest absolute Gasteiger partial charge is 0.273 e. The normalized spacial score (nSPS) is 17.9. The van der Waals surface area contributed by atoms with Gasteiger partial charge in [0.1, 0.15) is 5.69 Å². The molecule has 0 aromatic carbocycles. The Hall–Kier alpha value is -0.990. The van der Waals surface area contributed by atoms with E-state index in [4.69, 9.17) is 0 Å². The topological polar surface area (TPSA) is 70.6 Å². The third kappa shape index (κ3) is 2.70. The Morgan fingerprint density at radius 1 is 1.39 bits per heavy atom. The number of hydrogen-bond acceptors (Lipinski definition) is 5. The molecule has 0 atom stereocenters. The summed E-state index contributed by atoms with van der Waals surface area (Å²) in [4.78, 5) is 17.6. The molecule has 1 aromatic rings. The molecule has 2 heterocycles. The van der Waals surface area contributed by atoms with Crippen molar-refractivity contribution in [1.82, 2.24) is 14.2 Å². The van der Waals surface area contributed by atoms with Crippen molar-refractivity contribution in [2.24, 2.45) is 0 Å². The van der Waals surface area contributed by atoms with E-state index in [9.17, 15) is 13.2 Å². The van der Waals surface area contributed by atoms with Crippen LogP contribution in [0.2, 0.25) is 0 Å². The maximum absolute atomic E-state index is 12.0.